The summed E-state index contributed by atoms with van der Waals surface area (Å²) in [6.07, 6.45) is 0.753. The summed E-state index contributed by atoms with van der Waals surface area (Å²) >= 11 is 7.02. The van der Waals surface area contributed by atoms with Gasteiger partial charge in [-0.05, 0) is 48.6 Å². The summed E-state index contributed by atoms with van der Waals surface area (Å²) < 4.78 is 0. The zero-order valence-corrected chi connectivity index (χ0v) is 17.1. The van der Waals surface area contributed by atoms with Crippen LogP contribution in [0.4, 0.5) is 4.79 Å². The number of aliphatic hydroxyl groups is 1. The predicted octanol–water partition coefficient (Wildman–Crippen LogP) is 3.49. The number of rotatable bonds is 8. The molecule has 0 spiro atoms. The van der Waals surface area contributed by atoms with E-state index in [4.69, 9.17) is 11.6 Å². The van der Waals surface area contributed by atoms with Gasteiger partial charge in [-0.15, -0.1) is 0 Å². The molecular weight excluding hydrogens is 396 g/mol. The first-order valence-corrected chi connectivity index (χ1v) is 10.4. The number of aliphatic hydroxyl groups excluding tert-OH is 1. The molecule has 0 aliphatic carbocycles. The highest BCUT2D eigenvalue weighted by Crippen LogP contribution is 2.23. The van der Waals surface area contributed by atoms with Crippen LogP contribution >= 0.6 is 23.4 Å². The van der Waals surface area contributed by atoms with Crippen molar-refractivity contribution in [1.29, 1.82) is 0 Å². The van der Waals surface area contributed by atoms with E-state index in [1.807, 2.05) is 36.4 Å². The molecule has 148 valence electrons. The van der Waals surface area contributed by atoms with Crippen LogP contribution in [-0.2, 0) is 17.6 Å². The summed E-state index contributed by atoms with van der Waals surface area (Å²) in [7, 11) is 0. The van der Waals surface area contributed by atoms with Crippen LogP contribution in [0.25, 0.3) is 0 Å². The fraction of sp³-hybridized carbons (Fsp3) is 0.333. The van der Waals surface area contributed by atoms with Gasteiger partial charge in [-0.3, -0.25) is 14.9 Å². The Labute approximate surface area is 173 Å². The topological polar surface area (TPSA) is 78.4 Å². The van der Waals surface area contributed by atoms with Crippen LogP contribution in [0.2, 0.25) is 5.02 Å². The van der Waals surface area contributed by atoms with E-state index in [0.717, 1.165) is 29.3 Å². The Bertz CT molecular complexity index is 844. The van der Waals surface area contributed by atoms with Crippen LogP contribution in [0.5, 0.6) is 0 Å². The summed E-state index contributed by atoms with van der Waals surface area (Å²) in [6, 6.07) is 15.5. The van der Waals surface area contributed by atoms with Gasteiger partial charge < -0.3 is 10.4 Å². The van der Waals surface area contributed by atoms with Gasteiger partial charge in [0.05, 0.1) is 11.4 Å². The van der Waals surface area contributed by atoms with Crippen molar-refractivity contribution in [2.45, 2.75) is 37.2 Å². The monoisotopic (exact) mass is 418 g/mol. The number of carbonyl (C=O) groups is 2. The standard InChI is InChI=1S/C21H23ClN2O3S/c1-13(23-12-18(25)16-3-2-4-17(22)11-16)9-14-5-7-15(8-6-14)10-19-20(26)24-21(27)28-19/h2-8,11,13,18-19,23,25H,9-10,12H2,1H3,(H,24,26,27). The molecule has 5 nitrogen and oxygen atoms in total. The lowest BCUT2D eigenvalue weighted by atomic mass is 10.0. The molecule has 3 N–H and O–H groups in total. The number of benzene rings is 2. The first kappa shape index (κ1) is 20.9. The highest BCUT2D eigenvalue weighted by Gasteiger charge is 2.31. The largest absolute Gasteiger partial charge is 0.387 e. The van der Waals surface area contributed by atoms with E-state index in [-0.39, 0.29) is 22.4 Å². The van der Waals surface area contributed by atoms with Crippen molar-refractivity contribution in [3.05, 3.63) is 70.2 Å². The Morgan fingerprint density at radius 3 is 2.54 bits per heavy atom. The molecule has 0 aromatic heterocycles. The lowest BCUT2D eigenvalue weighted by molar-refractivity contribution is -0.118. The number of carbonyl (C=O) groups excluding carboxylic acids is 2. The zero-order valence-electron chi connectivity index (χ0n) is 15.5. The molecule has 1 aliphatic rings. The molecule has 2 amide bonds. The van der Waals surface area contributed by atoms with Crippen molar-refractivity contribution < 1.29 is 14.7 Å². The summed E-state index contributed by atoms with van der Waals surface area (Å²) in [6.45, 7) is 2.52. The molecule has 2 aromatic rings. The average molecular weight is 419 g/mol. The van der Waals surface area contributed by atoms with Gasteiger partial charge in [-0.2, -0.15) is 0 Å². The molecule has 7 heteroatoms. The van der Waals surface area contributed by atoms with Crippen molar-refractivity contribution in [1.82, 2.24) is 10.6 Å². The second kappa shape index (κ2) is 9.56. The molecule has 0 radical (unpaired) electrons. The van der Waals surface area contributed by atoms with Crippen molar-refractivity contribution >= 4 is 34.5 Å². The maximum atomic E-state index is 11.7. The lowest BCUT2D eigenvalue weighted by Gasteiger charge is -2.18. The Morgan fingerprint density at radius 1 is 1.18 bits per heavy atom. The highest BCUT2D eigenvalue weighted by molar-refractivity contribution is 8.15. The molecule has 1 aliphatic heterocycles. The summed E-state index contributed by atoms with van der Waals surface area (Å²) in [4.78, 5) is 22.9. The van der Waals surface area contributed by atoms with Crippen molar-refractivity contribution in [2.24, 2.45) is 0 Å². The van der Waals surface area contributed by atoms with Gasteiger partial charge in [-0.1, -0.05) is 59.8 Å². The van der Waals surface area contributed by atoms with Gasteiger partial charge in [0.25, 0.3) is 5.24 Å². The van der Waals surface area contributed by atoms with E-state index in [9.17, 15) is 14.7 Å². The number of nitrogens with one attached hydrogen (secondary N) is 2. The van der Waals surface area contributed by atoms with E-state index >= 15 is 0 Å². The predicted molar refractivity (Wildman–Crippen MR) is 113 cm³/mol. The van der Waals surface area contributed by atoms with Crippen molar-refractivity contribution in [2.75, 3.05) is 6.54 Å². The summed E-state index contributed by atoms with van der Waals surface area (Å²) in [5.41, 5.74) is 2.99. The molecule has 28 heavy (non-hydrogen) atoms. The maximum Gasteiger partial charge on any atom is 0.286 e. The second-order valence-electron chi connectivity index (χ2n) is 6.99. The quantitative estimate of drug-likeness (QED) is 0.611. The Balaban J connectivity index is 1.47. The highest BCUT2D eigenvalue weighted by atomic mass is 35.5. The third kappa shape index (κ3) is 5.82. The zero-order chi connectivity index (χ0) is 20.1. The second-order valence-corrected chi connectivity index (χ2v) is 8.60. The molecule has 0 saturated carbocycles. The summed E-state index contributed by atoms with van der Waals surface area (Å²) in [5.74, 6) is -0.213. The number of amides is 2. The Morgan fingerprint density at radius 2 is 1.89 bits per heavy atom. The Hall–Kier alpha value is -1.86. The lowest BCUT2D eigenvalue weighted by Crippen LogP contribution is -2.32. The number of halogens is 1. The molecule has 1 saturated heterocycles. The summed E-state index contributed by atoms with van der Waals surface area (Å²) in [5, 5.41) is 16.0. The van der Waals surface area contributed by atoms with Crippen LogP contribution in [0.3, 0.4) is 0 Å². The van der Waals surface area contributed by atoms with Crippen LogP contribution in [0.1, 0.15) is 29.7 Å². The smallest absolute Gasteiger partial charge is 0.286 e. The normalized spacial score (nSPS) is 18.8. The van der Waals surface area contributed by atoms with Crippen LogP contribution < -0.4 is 10.6 Å². The van der Waals surface area contributed by atoms with Gasteiger partial charge in [0.15, 0.2) is 0 Å². The van der Waals surface area contributed by atoms with E-state index in [1.165, 1.54) is 5.56 Å². The number of hydrogen-bond donors (Lipinski definition) is 3. The fourth-order valence-corrected chi connectivity index (χ4v) is 4.18. The molecule has 3 unspecified atom stereocenters. The van der Waals surface area contributed by atoms with Crippen molar-refractivity contribution in [3.63, 3.8) is 0 Å². The van der Waals surface area contributed by atoms with Gasteiger partial charge in [0.1, 0.15) is 0 Å². The number of imide groups is 1. The minimum absolute atomic E-state index is 0.188. The average Bonchev–Trinajstić information content (AvgIpc) is 2.98. The maximum absolute atomic E-state index is 11.7. The van der Waals surface area contributed by atoms with Crippen LogP contribution in [-0.4, -0.2) is 34.1 Å². The van der Waals surface area contributed by atoms with Crippen LogP contribution in [0.15, 0.2) is 48.5 Å². The van der Waals surface area contributed by atoms with Gasteiger partial charge in [0.2, 0.25) is 5.91 Å². The molecule has 0 bridgehead atoms. The van der Waals surface area contributed by atoms with E-state index < -0.39 is 6.10 Å². The third-order valence-corrected chi connectivity index (χ3v) is 5.86. The third-order valence-electron chi connectivity index (χ3n) is 4.65. The minimum Gasteiger partial charge on any atom is -0.387 e. The first-order chi connectivity index (χ1) is 13.4. The fourth-order valence-electron chi connectivity index (χ4n) is 3.12. The minimum atomic E-state index is -0.610. The van der Waals surface area contributed by atoms with E-state index in [1.54, 1.807) is 12.1 Å². The van der Waals surface area contributed by atoms with E-state index in [0.29, 0.717) is 18.0 Å². The molecular formula is C21H23ClN2O3S. The molecule has 1 fully saturated rings. The molecule has 3 atom stereocenters. The number of hydrogen-bond acceptors (Lipinski definition) is 5. The van der Waals surface area contributed by atoms with Gasteiger partial charge in [-0.25, -0.2) is 0 Å². The SMILES string of the molecule is CC(Cc1ccc(CC2SC(=O)NC2=O)cc1)NCC(O)c1cccc(Cl)c1. The molecule has 3 rings (SSSR count). The van der Waals surface area contributed by atoms with Crippen molar-refractivity contribution in [3.8, 4) is 0 Å². The Kier molecular flexibility index (Phi) is 7.13. The molecule has 1 heterocycles. The van der Waals surface area contributed by atoms with E-state index in [2.05, 4.69) is 17.6 Å². The molecule has 2 aromatic carbocycles. The van der Waals surface area contributed by atoms with Gasteiger partial charge >= 0.3 is 0 Å². The van der Waals surface area contributed by atoms with Gasteiger partial charge in [0, 0.05) is 17.6 Å². The number of thioether (sulfide) groups is 1. The first-order valence-electron chi connectivity index (χ1n) is 9.17. The van der Waals surface area contributed by atoms with Crippen LogP contribution in [0, 0.1) is 0 Å².